The Labute approximate surface area is 121 Å². The van der Waals surface area contributed by atoms with Gasteiger partial charge in [-0.2, -0.15) is 4.31 Å². The molecule has 2 aliphatic rings. The molecule has 0 spiro atoms. The lowest BCUT2D eigenvalue weighted by Gasteiger charge is -2.28. The first-order chi connectivity index (χ1) is 9.50. The molecule has 0 bridgehead atoms. The van der Waals surface area contributed by atoms with E-state index in [0.29, 0.717) is 23.3 Å². The van der Waals surface area contributed by atoms with Gasteiger partial charge < -0.3 is 0 Å². The Bertz CT molecular complexity index is 618. The zero-order valence-electron chi connectivity index (χ0n) is 12.0. The van der Waals surface area contributed by atoms with E-state index >= 15 is 0 Å². The Hall–Kier alpha value is -1.13. The van der Waals surface area contributed by atoms with Gasteiger partial charge in [0.25, 0.3) is 0 Å². The number of hydrogen-bond acceptors (Lipinski definition) is 2. The van der Waals surface area contributed by atoms with Crippen molar-refractivity contribution in [1.29, 1.82) is 0 Å². The van der Waals surface area contributed by atoms with Crippen LogP contribution in [-0.2, 0) is 10.0 Å². The molecule has 1 heterocycles. The van der Waals surface area contributed by atoms with E-state index in [1.165, 1.54) is 0 Å². The van der Waals surface area contributed by atoms with E-state index in [-0.39, 0.29) is 6.04 Å². The molecular formula is C16H21NO2S. The predicted molar refractivity (Wildman–Crippen MR) is 79.9 cm³/mol. The highest BCUT2D eigenvalue weighted by Crippen LogP contribution is 2.39. The molecule has 4 heteroatoms. The first kappa shape index (κ1) is 13.8. The van der Waals surface area contributed by atoms with Crippen LogP contribution in [0.4, 0.5) is 0 Å². The number of sulfonamides is 1. The van der Waals surface area contributed by atoms with Gasteiger partial charge >= 0.3 is 0 Å². The smallest absolute Gasteiger partial charge is 0.207 e. The van der Waals surface area contributed by atoms with Gasteiger partial charge in [-0.25, -0.2) is 8.42 Å². The largest absolute Gasteiger partial charge is 0.243 e. The molecule has 1 fully saturated rings. The molecule has 20 heavy (non-hydrogen) atoms. The van der Waals surface area contributed by atoms with E-state index < -0.39 is 10.0 Å². The molecule has 0 amide bonds. The number of nitrogens with zero attached hydrogens (tertiary/aromatic N) is 1. The number of fused-ring (bicyclic) bond motifs is 1. The molecule has 3 nitrogen and oxygen atoms in total. The van der Waals surface area contributed by atoms with Crippen LogP contribution in [0.1, 0.15) is 25.3 Å². The third-order valence-corrected chi connectivity index (χ3v) is 6.46. The lowest BCUT2D eigenvalue weighted by atomic mass is 9.86. The summed E-state index contributed by atoms with van der Waals surface area (Å²) in [5, 5.41) is 0. The second-order valence-electron chi connectivity index (χ2n) is 6.02. The molecule has 0 N–H and O–H groups in total. The highest BCUT2D eigenvalue weighted by atomic mass is 32.2. The Morgan fingerprint density at radius 2 is 1.90 bits per heavy atom. The molecule has 1 saturated heterocycles. The SMILES string of the molecule is Cc1ccc(S(=O)(=O)N2C[C@H](C)[C@@H]3C=CCC[C@@H]32)cc1. The van der Waals surface area contributed by atoms with Crippen molar-refractivity contribution < 1.29 is 8.42 Å². The molecule has 0 aromatic heterocycles. The van der Waals surface area contributed by atoms with Gasteiger partial charge in [-0.1, -0.05) is 36.8 Å². The van der Waals surface area contributed by atoms with Gasteiger partial charge in [0.05, 0.1) is 4.90 Å². The van der Waals surface area contributed by atoms with Gasteiger partial charge in [0.15, 0.2) is 0 Å². The van der Waals surface area contributed by atoms with Crippen LogP contribution in [0.3, 0.4) is 0 Å². The van der Waals surface area contributed by atoms with E-state index in [1.807, 2.05) is 19.1 Å². The van der Waals surface area contributed by atoms with Gasteiger partial charge in [0, 0.05) is 12.6 Å². The topological polar surface area (TPSA) is 37.4 Å². The lowest BCUT2D eigenvalue weighted by molar-refractivity contribution is 0.335. The summed E-state index contributed by atoms with van der Waals surface area (Å²) in [7, 11) is -3.36. The van der Waals surface area contributed by atoms with Gasteiger partial charge in [0.2, 0.25) is 10.0 Å². The molecule has 3 atom stereocenters. The third kappa shape index (κ3) is 2.21. The Morgan fingerprint density at radius 3 is 2.60 bits per heavy atom. The summed E-state index contributed by atoms with van der Waals surface area (Å²) in [6.07, 6.45) is 6.33. The summed E-state index contributed by atoms with van der Waals surface area (Å²) in [6, 6.07) is 7.32. The van der Waals surface area contributed by atoms with Gasteiger partial charge in [-0.15, -0.1) is 0 Å². The number of allylic oxidation sites excluding steroid dienone is 1. The van der Waals surface area contributed by atoms with Crippen LogP contribution in [0, 0.1) is 18.8 Å². The minimum Gasteiger partial charge on any atom is -0.207 e. The number of rotatable bonds is 2. The predicted octanol–water partition coefficient (Wildman–Crippen LogP) is 2.97. The summed E-state index contributed by atoms with van der Waals surface area (Å²) in [4.78, 5) is 0.422. The molecule has 0 unspecified atom stereocenters. The van der Waals surface area contributed by atoms with Crippen LogP contribution in [0.15, 0.2) is 41.3 Å². The van der Waals surface area contributed by atoms with Crippen LogP contribution in [0.5, 0.6) is 0 Å². The summed E-state index contributed by atoms with van der Waals surface area (Å²) in [5.41, 5.74) is 1.08. The molecule has 108 valence electrons. The van der Waals surface area contributed by atoms with Crippen LogP contribution < -0.4 is 0 Å². The normalized spacial score (nSPS) is 30.4. The second-order valence-corrected chi connectivity index (χ2v) is 7.91. The minimum atomic E-state index is -3.36. The molecular weight excluding hydrogens is 270 g/mol. The second kappa shape index (κ2) is 5.01. The van der Waals surface area contributed by atoms with E-state index in [2.05, 4.69) is 19.1 Å². The number of benzene rings is 1. The highest BCUT2D eigenvalue weighted by molar-refractivity contribution is 7.89. The Kier molecular flexibility index (Phi) is 3.46. The summed E-state index contributed by atoms with van der Waals surface area (Å²) >= 11 is 0. The van der Waals surface area contributed by atoms with E-state index in [0.717, 1.165) is 18.4 Å². The van der Waals surface area contributed by atoms with Crippen molar-refractivity contribution in [3.63, 3.8) is 0 Å². The van der Waals surface area contributed by atoms with Gasteiger partial charge in [-0.3, -0.25) is 0 Å². The number of hydrogen-bond donors (Lipinski definition) is 0. The quantitative estimate of drug-likeness (QED) is 0.786. The maximum absolute atomic E-state index is 12.8. The molecule has 1 aliphatic heterocycles. The maximum atomic E-state index is 12.8. The van der Waals surface area contributed by atoms with E-state index in [9.17, 15) is 8.42 Å². The fourth-order valence-corrected chi connectivity index (χ4v) is 5.19. The Balaban J connectivity index is 1.95. The van der Waals surface area contributed by atoms with Crippen molar-refractivity contribution >= 4 is 10.0 Å². The van der Waals surface area contributed by atoms with Crippen LogP contribution in [-0.4, -0.2) is 25.3 Å². The summed E-state index contributed by atoms with van der Waals surface area (Å²) < 4.78 is 27.4. The average Bonchev–Trinajstić information content (AvgIpc) is 2.78. The van der Waals surface area contributed by atoms with Crippen molar-refractivity contribution in [2.24, 2.45) is 11.8 Å². The van der Waals surface area contributed by atoms with Gasteiger partial charge in [-0.05, 0) is 43.7 Å². The molecule has 0 saturated carbocycles. The van der Waals surface area contributed by atoms with Crippen molar-refractivity contribution in [1.82, 2.24) is 4.31 Å². The average molecular weight is 291 g/mol. The highest BCUT2D eigenvalue weighted by Gasteiger charge is 2.44. The van der Waals surface area contributed by atoms with Crippen molar-refractivity contribution in [3.8, 4) is 0 Å². The number of aryl methyl sites for hydroxylation is 1. The van der Waals surface area contributed by atoms with Gasteiger partial charge in [0.1, 0.15) is 0 Å². The monoisotopic (exact) mass is 291 g/mol. The molecule has 1 aromatic rings. The Morgan fingerprint density at radius 1 is 1.20 bits per heavy atom. The zero-order valence-corrected chi connectivity index (χ0v) is 12.8. The van der Waals surface area contributed by atoms with Crippen LogP contribution >= 0.6 is 0 Å². The fourth-order valence-electron chi connectivity index (χ4n) is 3.41. The summed E-state index contributed by atoms with van der Waals surface area (Å²) in [6.45, 7) is 4.75. The lowest BCUT2D eigenvalue weighted by Crippen LogP contribution is -2.38. The summed E-state index contributed by atoms with van der Waals surface area (Å²) in [5.74, 6) is 0.778. The van der Waals surface area contributed by atoms with E-state index in [1.54, 1.807) is 16.4 Å². The van der Waals surface area contributed by atoms with E-state index in [4.69, 9.17) is 0 Å². The van der Waals surface area contributed by atoms with Crippen LogP contribution in [0.2, 0.25) is 0 Å². The third-order valence-electron chi connectivity index (χ3n) is 4.55. The molecule has 1 aliphatic carbocycles. The first-order valence-corrected chi connectivity index (χ1v) is 8.69. The van der Waals surface area contributed by atoms with Crippen molar-refractivity contribution in [2.75, 3.05) is 6.54 Å². The molecule has 0 radical (unpaired) electrons. The van der Waals surface area contributed by atoms with Crippen molar-refractivity contribution in [2.45, 2.75) is 37.6 Å². The maximum Gasteiger partial charge on any atom is 0.243 e. The zero-order chi connectivity index (χ0) is 14.3. The van der Waals surface area contributed by atoms with Crippen molar-refractivity contribution in [3.05, 3.63) is 42.0 Å². The van der Waals surface area contributed by atoms with Crippen LogP contribution in [0.25, 0.3) is 0 Å². The first-order valence-electron chi connectivity index (χ1n) is 7.25. The fraction of sp³-hybridized carbons (Fsp3) is 0.500. The minimum absolute atomic E-state index is 0.140. The standard InChI is InChI=1S/C16H21NO2S/c1-12-7-9-14(10-8-12)20(18,19)17-11-13(2)15-5-3-4-6-16(15)17/h3,5,7-10,13,15-16H,4,6,11H2,1-2H3/t13-,15-,16-/m0/s1. The molecule has 3 rings (SSSR count). The molecule has 1 aromatic carbocycles.